The molecule has 0 aliphatic carbocycles. The molecular weight excluding hydrogens is 328 g/mol. The second kappa shape index (κ2) is 5.70. The van der Waals surface area contributed by atoms with Crippen LogP contribution in [0.1, 0.15) is 20.7 Å². The molecule has 0 aliphatic rings. The number of carbonyl (C=O) groups excluding carboxylic acids is 1. The Kier molecular flexibility index (Phi) is 3.99. The molecule has 0 radical (unpaired) electrons. The predicted molar refractivity (Wildman–Crippen MR) is 75.0 cm³/mol. The van der Waals surface area contributed by atoms with Crippen molar-refractivity contribution in [3.63, 3.8) is 0 Å². The molecule has 0 saturated heterocycles. The van der Waals surface area contributed by atoms with E-state index >= 15 is 0 Å². The summed E-state index contributed by atoms with van der Waals surface area (Å²) in [7, 11) is 0. The molecule has 0 bridgehead atoms. The number of rotatable bonds is 3. The smallest absolute Gasteiger partial charge is 0.335 e. The largest absolute Gasteiger partial charge is 0.506 e. The van der Waals surface area contributed by atoms with E-state index in [1.165, 1.54) is 24.4 Å². The van der Waals surface area contributed by atoms with E-state index in [1.807, 2.05) is 0 Å². The molecule has 0 aliphatic heterocycles. The van der Waals surface area contributed by atoms with Gasteiger partial charge in [-0.3, -0.25) is 4.79 Å². The van der Waals surface area contributed by atoms with Gasteiger partial charge in [-0.05, 0) is 46.3 Å². The first-order valence-electron chi connectivity index (χ1n) is 5.46. The molecule has 0 atom stereocenters. The van der Waals surface area contributed by atoms with Crippen LogP contribution in [0, 0.1) is 0 Å². The van der Waals surface area contributed by atoms with Crippen LogP contribution < -0.4 is 5.32 Å². The maximum Gasteiger partial charge on any atom is 0.335 e. The standard InChI is InChI=1S/C13H9BrN2O4/c14-11-4-2-8(6-15-11)12(18)16-9-5-7(13(19)20)1-3-10(9)17/h1-6,17H,(H,16,18)(H,19,20). The van der Waals surface area contributed by atoms with Gasteiger partial charge in [-0.1, -0.05) is 0 Å². The summed E-state index contributed by atoms with van der Waals surface area (Å²) in [6, 6.07) is 6.78. The van der Waals surface area contributed by atoms with Crippen LogP contribution in [-0.4, -0.2) is 27.1 Å². The van der Waals surface area contributed by atoms with Crippen molar-refractivity contribution in [1.82, 2.24) is 4.98 Å². The van der Waals surface area contributed by atoms with Crippen LogP contribution in [0.25, 0.3) is 0 Å². The van der Waals surface area contributed by atoms with E-state index in [0.29, 0.717) is 4.60 Å². The summed E-state index contributed by atoms with van der Waals surface area (Å²) in [5.74, 6) is -1.86. The van der Waals surface area contributed by atoms with Gasteiger partial charge in [0, 0.05) is 6.20 Å². The van der Waals surface area contributed by atoms with E-state index in [1.54, 1.807) is 12.1 Å². The van der Waals surface area contributed by atoms with Gasteiger partial charge in [-0.15, -0.1) is 0 Å². The Morgan fingerprint density at radius 3 is 2.45 bits per heavy atom. The topological polar surface area (TPSA) is 99.5 Å². The Morgan fingerprint density at radius 2 is 1.85 bits per heavy atom. The molecule has 6 nitrogen and oxygen atoms in total. The van der Waals surface area contributed by atoms with Gasteiger partial charge < -0.3 is 15.5 Å². The molecule has 0 spiro atoms. The molecule has 2 aromatic rings. The summed E-state index contributed by atoms with van der Waals surface area (Å²) in [5.41, 5.74) is 0.276. The average molecular weight is 337 g/mol. The van der Waals surface area contributed by atoms with Crippen LogP contribution in [0.3, 0.4) is 0 Å². The van der Waals surface area contributed by atoms with E-state index in [2.05, 4.69) is 26.2 Å². The Labute approximate surface area is 122 Å². The molecule has 1 aromatic carbocycles. The number of nitrogens with one attached hydrogen (secondary N) is 1. The summed E-state index contributed by atoms with van der Waals surface area (Å²) in [4.78, 5) is 26.7. The number of nitrogens with zero attached hydrogens (tertiary/aromatic N) is 1. The minimum Gasteiger partial charge on any atom is -0.506 e. The summed E-state index contributed by atoms with van der Waals surface area (Å²) in [6.07, 6.45) is 1.36. The summed E-state index contributed by atoms with van der Waals surface area (Å²) >= 11 is 3.15. The van der Waals surface area contributed by atoms with E-state index in [4.69, 9.17) is 5.11 Å². The fourth-order valence-electron chi connectivity index (χ4n) is 1.47. The van der Waals surface area contributed by atoms with Crippen molar-refractivity contribution in [2.24, 2.45) is 0 Å². The summed E-state index contributed by atoms with van der Waals surface area (Å²) < 4.78 is 0.588. The number of hydrogen-bond donors (Lipinski definition) is 3. The second-order valence-corrected chi connectivity index (χ2v) is 4.67. The van der Waals surface area contributed by atoms with E-state index in [0.717, 1.165) is 0 Å². The molecule has 1 aromatic heterocycles. The minimum atomic E-state index is -1.15. The lowest BCUT2D eigenvalue weighted by Gasteiger charge is -2.08. The van der Waals surface area contributed by atoms with Crippen molar-refractivity contribution in [3.8, 4) is 5.75 Å². The number of aromatic hydroxyl groups is 1. The van der Waals surface area contributed by atoms with Gasteiger partial charge in [0.15, 0.2) is 0 Å². The molecular formula is C13H9BrN2O4. The number of halogens is 1. The van der Waals surface area contributed by atoms with Crippen LogP contribution in [0.4, 0.5) is 5.69 Å². The molecule has 1 amide bonds. The predicted octanol–water partition coefficient (Wildman–Crippen LogP) is 2.50. The van der Waals surface area contributed by atoms with Gasteiger partial charge in [0.1, 0.15) is 10.4 Å². The first-order chi connectivity index (χ1) is 9.47. The number of amides is 1. The molecule has 2 rings (SSSR count). The quantitative estimate of drug-likeness (QED) is 0.590. The van der Waals surface area contributed by atoms with Crippen molar-refractivity contribution in [3.05, 3.63) is 52.3 Å². The van der Waals surface area contributed by atoms with Crippen molar-refractivity contribution in [2.45, 2.75) is 0 Å². The third-order valence-electron chi connectivity index (χ3n) is 2.48. The monoisotopic (exact) mass is 336 g/mol. The molecule has 7 heteroatoms. The average Bonchev–Trinajstić information content (AvgIpc) is 2.41. The van der Waals surface area contributed by atoms with Gasteiger partial charge in [-0.2, -0.15) is 0 Å². The zero-order valence-corrected chi connectivity index (χ0v) is 11.6. The number of phenolic OH excluding ortho intramolecular Hbond substituents is 1. The van der Waals surface area contributed by atoms with Crippen LogP contribution in [0.15, 0.2) is 41.1 Å². The number of anilines is 1. The lowest BCUT2D eigenvalue weighted by molar-refractivity contribution is 0.0696. The Bertz CT molecular complexity index is 671. The van der Waals surface area contributed by atoms with Gasteiger partial charge in [0.25, 0.3) is 5.91 Å². The molecule has 0 fully saturated rings. The Hall–Kier alpha value is -2.41. The van der Waals surface area contributed by atoms with Gasteiger partial charge >= 0.3 is 5.97 Å². The first kappa shape index (κ1) is 14.0. The van der Waals surface area contributed by atoms with Crippen LogP contribution in [0.2, 0.25) is 0 Å². The lowest BCUT2D eigenvalue weighted by Crippen LogP contribution is -2.12. The number of phenols is 1. The van der Waals surface area contributed by atoms with E-state index in [9.17, 15) is 14.7 Å². The summed E-state index contributed by atoms with van der Waals surface area (Å²) in [5, 5.41) is 20.9. The van der Waals surface area contributed by atoms with Crippen molar-refractivity contribution < 1.29 is 19.8 Å². The normalized spacial score (nSPS) is 10.1. The van der Waals surface area contributed by atoms with E-state index in [-0.39, 0.29) is 22.6 Å². The fraction of sp³-hybridized carbons (Fsp3) is 0. The third-order valence-corrected chi connectivity index (χ3v) is 2.95. The number of pyridine rings is 1. The number of carbonyl (C=O) groups is 2. The van der Waals surface area contributed by atoms with Crippen LogP contribution in [0.5, 0.6) is 5.75 Å². The highest BCUT2D eigenvalue weighted by atomic mass is 79.9. The first-order valence-corrected chi connectivity index (χ1v) is 6.26. The number of hydrogen-bond acceptors (Lipinski definition) is 4. The molecule has 0 saturated carbocycles. The summed E-state index contributed by atoms with van der Waals surface area (Å²) in [6.45, 7) is 0. The highest BCUT2D eigenvalue weighted by molar-refractivity contribution is 9.10. The number of benzene rings is 1. The Morgan fingerprint density at radius 1 is 1.15 bits per heavy atom. The molecule has 1 heterocycles. The number of aromatic carboxylic acids is 1. The van der Waals surface area contributed by atoms with Crippen LogP contribution >= 0.6 is 15.9 Å². The molecule has 0 unspecified atom stereocenters. The zero-order valence-electron chi connectivity index (χ0n) is 10.0. The van der Waals surface area contributed by atoms with Crippen molar-refractivity contribution in [2.75, 3.05) is 5.32 Å². The molecule has 3 N–H and O–H groups in total. The lowest BCUT2D eigenvalue weighted by atomic mass is 10.1. The van der Waals surface area contributed by atoms with Gasteiger partial charge in [0.05, 0.1) is 16.8 Å². The van der Waals surface area contributed by atoms with Gasteiger partial charge in [0.2, 0.25) is 0 Å². The fourth-order valence-corrected chi connectivity index (χ4v) is 1.71. The van der Waals surface area contributed by atoms with Gasteiger partial charge in [-0.25, -0.2) is 9.78 Å². The van der Waals surface area contributed by atoms with Crippen molar-refractivity contribution >= 4 is 33.5 Å². The van der Waals surface area contributed by atoms with Crippen molar-refractivity contribution in [1.29, 1.82) is 0 Å². The molecule has 20 heavy (non-hydrogen) atoms. The molecule has 102 valence electrons. The third kappa shape index (κ3) is 3.12. The zero-order chi connectivity index (χ0) is 14.7. The second-order valence-electron chi connectivity index (χ2n) is 3.86. The Balaban J connectivity index is 2.25. The van der Waals surface area contributed by atoms with Crippen LogP contribution in [-0.2, 0) is 0 Å². The number of aromatic nitrogens is 1. The highest BCUT2D eigenvalue weighted by Gasteiger charge is 2.12. The van der Waals surface area contributed by atoms with E-state index < -0.39 is 11.9 Å². The highest BCUT2D eigenvalue weighted by Crippen LogP contribution is 2.24. The minimum absolute atomic E-state index is 0.0258. The number of carboxylic acids is 1. The SMILES string of the molecule is O=C(O)c1ccc(O)c(NC(=O)c2ccc(Br)nc2)c1. The maximum atomic E-state index is 11.9. The maximum absolute atomic E-state index is 11.9. The number of carboxylic acid groups (broad SMARTS) is 1.